The number of nitrogens with zero attached hydrogens (tertiary/aromatic N) is 3. The third kappa shape index (κ3) is 4.95. The second kappa shape index (κ2) is 8.31. The summed E-state index contributed by atoms with van der Waals surface area (Å²) >= 11 is 0. The van der Waals surface area contributed by atoms with Gasteiger partial charge in [-0.1, -0.05) is 18.2 Å². The van der Waals surface area contributed by atoms with Crippen molar-refractivity contribution in [1.82, 2.24) is 9.29 Å². The monoisotopic (exact) mass is 455 g/mol. The smallest absolute Gasteiger partial charge is 0.422 e. The molecule has 0 bridgehead atoms. The SMILES string of the molecule is O=S(=O)(c1ccccc1)N1CCC2(CCN(c3ccc(OCC(F)(F)F)nc3)C2)CC1. The molecule has 0 saturated carbocycles. The number of pyridine rings is 1. The molecule has 1 aromatic heterocycles. The summed E-state index contributed by atoms with van der Waals surface area (Å²) in [6.07, 6.45) is -0.381. The average molecular weight is 456 g/mol. The lowest BCUT2D eigenvalue weighted by atomic mass is 9.78. The van der Waals surface area contributed by atoms with Crippen LogP contribution in [-0.2, 0) is 10.0 Å². The summed E-state index contributed by atoms with van der Waals surface area (Å²) < 4.78 is 68.7. The molecule has 6 nitrogen and oxygen atoms in total. The fraction of sp³-hybridized carbons (Fsp3) is 0.476. The molecule has 168 valence electrons. The van der Waals surface area contributed by atoms with Gasteiger partial charge in [0.05, 0.1) is 16.8 Å². The highest BCUT2D eigenvalue weighted by atomic mass is 32.2. The summed E-state index contributed by atoms with van der Waals surface area (Å²) in [6, 6.07) is 11.6. The van der Waals surface area contributed by atoms with E-state index in [2.05, 4.69) is 14.6 Å². The molecule has 1 spiro atoms. The Morgan fingerprint density at radius 1 is 1.00 bits per heavy atom. The molecule has 0 aliphatic carbocycles. The predicted octanol–water partition coefficient (Wildman–Crippen LogP) is 3.70. The average Bonchev–Trinajstić information content (AvgIpc) is 3.16. The van der Waals surface area contributed by atoms with E-state index in [0.29, 0.717) is 18.0 Å². The highest BCUT2D eigenvalue weighted by Gasteiger charge is 2.43. The molecule has 31 heavy (non-hydrogen) atoms. The molecule has 10 heteroatoms. The maximum atomic E-state index is 12.8. The Kier molecular flexibility index (Phi) is 5.87. The number of sulfonamides is 1. The lowest BCUT2D eigenvalue weighted by molar-refractivity contribution is -0.154. The number of halogens is 3. The van der Waals surface area contributed by atoms with E-state index >= 15 is 0 Å². The molecule has 3 heterocycles. The number of anilines is 1. The van der Waals surface area contributed by atoms with Crippen LogP contribution in [0.5, 0.6) is 5.88 Å². The zero-order chi connectivity index (χ0) is 22.1. The van der Waals surface area contributed by atoms with Crippen molar-refractivity contribution in [3.05, 3.63) is 48.7 Å². The second-order valence-corrected chi connectivity index (χ2v) is 10.1. The van der Waals surface area contributed by atoms with Crippen LogP contribution in [0, 0.1) is 5.41 Å². The molecule has 0 radical (unpaired) electrons. The second-order valence-electron chi connectivity index (χ2n) is 8.15. The Morgan fingerprint density at radius 2 is 1.68 bits per heavy atom. The fourth-order valence-electron chi connectivity index (χ4n) is 4.31. The minimum atomic E-state index is -4.40. The summed E-state index contributed by atoms with van der Waals surface area (Å²) in [7, 11) is -3.48. The van der Waals surface area contributed by atoms with Crippen molar-refractivity contribution in [2.24, 2.45) is 5.41 Å². The van der Waals surface area contributed by atoms with Crippen molar-refractivity contribution in [2.45, 2.75) is 30.3 Å². The van der Waals surface area contributed by atoms with Crippen molar-refractivity contribution < 1.29 is 26.3 Å². The molecular weight excluding hydrogens is 431 g/mol. The van der Waals surface area contributed by atoms with E-state index in [1.807, 2.05) is 0 Å². The molecule has 0 atom stereocenters. The molecule has 2 aliphatic heterocycles. The van der Waals surface area contributed by atoms with Crippen LogP contribution in [0.15, 0.2) is 53.6 Å². The molecule has 1 aromatic carbocycles. The first-order chi connectivity index (χ1) is 14.7. The third-order valence-electron chi connectivity index (χ3n) is 6.07. The largest absolute Gasteiger partial charge is 0.468 e. The maximum Gasteiger partial charge on any atom is 0.422 e. The Hall–Kier alpha value is -2.33. The van der Waals surface area contributed by atoms with E-state index in [-0.39, 0.29) is 11.3 Å². The van der Waals surface area contributed by atoms with E-state index in [0.717, 1.165) is 38.0 Å². The maximum absolute atomic E-state index is 12.8. The van der Waals surface area contributed by atoms with Gasteiger partial charge in [0.2, 0.25) is 15.9 Å². The van der Waals surface area contributed by atoms with Gasteiger partial charge < -0.3 is 9.64 Å². The Morgan fingerprint density at radius 3 is 2.29 bits per heavy atom. The minimum Gasteiger partial charge on any atom is -0.468 e. The fourth-order valence-corrected chi connectivity index (χ4v) is 5.77. The van der Waals surface area contributed by atoms with Gasteiger partial charge in [-0.3, -0.25) is 0 Å². The van der Waals surface area contributed by atoms with Crippen LogP contribution in [-0.4, -0.2) is 56.7 Å². The van der Waals surface area contributed by atoms with Crippen LogP contribution in [0.2, 0.25) is 0 Å². The van der Waals surface area contributed by atoms with E-state index < -0.39 is 22.8 Å². The van der Waals surface area contributed by atoms with Gasteiger partial charge in [-0.25, -0.2) is 13.4 Å². The molecule has 2 aromatic rings. The Bertz CT molecular complexity index is 990. The number of aromatic nitrogens is 1. The molecule has 4 rings (SSSR count). The molecule has 0 amide bonds. The van der Waals surface area contributed by atoms with Crippen molar-refractivity contribution in [3.8, 4) is 5.88 Å². The molecule has 2 fully saturated rings. The van der Waals surface area contributed by atoms with Gasteiger partial charge in [0.25, 0.3) is 0 Å². The van der Waals surface area contributed by atoms with Gasteiger partial charge in [-0.15, -0.1) is 0 Å². The third-order valence-corrected chi connectivity index (χ3v) is 7.98. The number of benzene rings is 1. The first kappa shape index (κ1) is 21.9. The summed E-state index contributed by atoms with van der Waals surface area (Å²) in [4.78, 5) is 6.46. The van der Waals surface area contributed by atoms with Gasteiger partial charge in [0, 0.05) is 32.2 Å². The zero-order valence-electron chi connectivity index (χ0n) is 16.9. The van der Waals surface area contributed by atoms with E-state index in [9.17, 15) is 21.6 Å². The van der Waals surface area contributed by atoms with Crippen molar-refractivity contribution in [3.63, 3.8) is 0 Å². The molecule has 2 aliphatic rings. The van der Waals surface area contributed by atoms with Crippen LogP contribution in [0.4, 0.5) is 18.9 Å². The van der Waals surface area contributed by atoms with Crippen molar-refractivity contribution in [1.29, 1.82) is 0 Å². The van der Waals surface area contributed by atoms with Gasteiger partial charge in [0.15, 0.2) is 6.61 Å². The molecule has 0 N–H and O–H groups in total. The number of ether oxygens (including phenoxy) is 1. The minimum absolute atomic E-state index is 0.0359. The van der Waals surface area contributed by atoms with Crippen LogP contribution >= 0.6 is 0 Å². The molecular formula is C21H24F3N3O3S. The highest BCUT2D eigenvalue weighted by Crippen LogP contribution is 2.42. The Labute approximate surface area is 179 Å². The summed E-state index contributed by atoms with van der Waals surface area (Å²) in [5.74, 6) is -0.0607. The zero-order valence-corrected chi connectivity index (χ0v) is 17.7. The standard InChI is InChI=1S/C21H24F3N3O3S/c22-21(23,24)16-30-19-7-6-17(14-25-19)26-11-8-20(15-26)9-12-27(13-10-20)31(28,29)18-4-2-1-3-5-18/h1-7,14H,8-13,15-16H2. The topological polar surface area (TPSA) is 62.7 Å². The first-order valence-electron chi connectivity index (χ1n) is 10.1. The highest BCUT2D eigenvalue weighted by molar-refractivity contribution is 7.89. The number of hydrogen-bond donors (Lipinski definition) is 0. The van der Waals surface area contributed by atoms with Gasteiger partial charge in [-0.2, -0.15) is 17.5 Å². The molecule has 2 saturated heterocycles. The lowest BCUT2D eigenvalue weighted by Gasteiger charge is -2.38. The quantitative estimate of drug-likeness (QED) is 0.688. The summed E-state index contributed by atoms with van der Waals surface area (Å²) in [6.45, 7) is 1.17. The number of alkyl halides is 3. The van der Waals surface area contributed by atoms with Crippen LogP contribution in [0.25, 0.3) is 0 Å². The predicted molar refractivity (Wildman–Crippen MR) is 109 cm³/mol. The van der Waals surface area contributed by atoms with Crippen molar-refractivity contribution >= 4 is 15.7 Å². The van der Waals surface area contributed by atoms with Crippen LogP contribution in [0.3, 0.4) is 0 Å². The van der Waals surface area contributed by atoms with Gasteiger partial charge in [-0.05, 0) is 42.9 Å². The van der Waals surface area contributed by atoms with Crippen molar-refractivity contribution in [2.75, 3.05) is 37.7 Å². The summed E-state index contributed by atoms with van der Waals surface area (Å²) in [5.41, 5.74) is 0.865. The lowest BCUT2D eigenvalue weighted by Crippen LogP contribution is -2.44. The van der Waals surface area contributed by atoms with Gasteiger partial charge >= 0.3 is 6.18 Å². The Balaban J connectivity index is 1.35. The number of piperidine rings is 1. The first-order valence-corrected chi connectivity index (χ1v) is 11.6. The van der Waals surface area contributed by atoms with E-state index in [1.165, 1.54) is 12.3 Å². The normalized spacial score (nSPS) is 19.6. The van der Waals surface area contributed by atoms with E-state index in [1.54, 1.807) is 40.7 Å². The van der Waals surface area contributed by atoms with Gasteiger partial charge in [0.1, 0.15) is 0 Å². The summed E-state index contributed by atoms with van der Waals surface area (Å²) in [5, 5.41) is 0. The van der Waals surface area contributed by atoms with Crippen LogP contribution < -0.4 is 9.64 Å². The number of rotatable bonds is 5. The molecule has 0 unspecified atom stereocenters. The van der Waals surface area contributed by atoms with Crippen LogP contribution in [0.1, 0.15) is 19.3 Å². The van der Waals surface area contributed by atoms with E-state index in [4.69, 9.17) is 0 Å². The number of hydrogen-bond acceptors (Lipinski definition) is 5.